The van der Waals surface area contributed by atoms with Crippen LogP contribution in [-0.4, -0.2) is 10.9 Å². The largest absolute Gasteiger partial charge is 0.384 e. The molecule has 0 aliphatic heterocycles. The lowest BCUT2D eigenvalue weighted by Gasteiger charge is -2.11. The van der Waals surface area contributed by atoms with E-state index in [9.17, 15) is 0 Å². The first-order valence-electron chi connectivity index (χ1n) is 6.28. The second-order valence-corrected chi connectivity index (χ2v) is 6.08. The van der Waals surface area contributed by atoms with Crippen LogP contribution in [0.4, 0.5) is 5.69 Å². The third-order valence-corrected chi connectivity index (χ3v) is 3.72. The van der Waals surface area contributed by atoms with E-state index in [-0.39, 0.29) is 5.84 Å². The molecule has 0 heterocycles. The molecule has 0 atom stereocenters. The molecular formula is C15H15IN4S. The van der Waals surface area contributed by atoms with Gasteiger partial charge in [-0.3, -0.25) is 5.41 Å². The van der Waals surface area contributed by atoms with Gasteiger partial charge in [0.25, 0.3) is 0 Å². The van der Waals surface area contributed by atoms with Crippen LogP contribution in [0.25, 0.3) is 0 Å². The van der Waals surface area contributed by atoms with Gasteiger partial charge in [-0.25, -0.2) is 0 Å². The fourth-order valence-electron chi connectivity index (χ4n) is 1.73. The van der Waals surface area contributed by atoms with E-state index in [0.717, 1.165) is 20.4 Å². The van der Waals surface area contributed by atoms with Gasteiger partial charge in [-0.05, 0) is 58.6 Å². The number of nitrogens with one attached hydrogen (secondary N) is 3. The number of anilines is 1. The molecule has 2 aromatic rings. The monoisotopic (exact) mass is 410 g/mol. The van der Waals surface area contributed by atoms with Gasteiger partial charge in [-0.15, -0.1) is 0 Å². The van der Waals surface area contributed by atoms with Crippen LogP contribution in [0.5, 0.6) is 0 Å². The van der Waals surface area contributed by atoms with E-state index >= 15 is 0 Å². The highest BCUT2D eigenvalue weighted by Gasteiger charge is 2.00. The Bertz CT molecular complexity index is 655. The summed E-state index contributed by atoms with van der Waals surface area (Å²) in [6.45, 7) is 0.619. The van der Waals surface area contributed by atoms with E-state index in [1.165, 1.54) is 0 Å². The molecule has 0 aliphatic rings. The van der Waals surface area contributed by atoms with E-state index in [2.05, 4.69) is 33.2 Å². The molecule has 2 rings (SSSR count). The van der Waals surface area contributed by atoms with Crippen LogP contribution in [0.3, 0.4) is 0 Å². The van der Waals surface area contributed by atoms with Gasteiger partial charge in [-0.1, -0.05) is 30.3 Å². The number of hydrogen-bond acceptors (Lipinski definition) is 2. The summed E-state index contributed by atoms with van der Waals surface area (Å²) in [5.74, 6) is 0.0744. The van der Waals surface area contributed by atoms with Crippen molar-refractivity contribution in [2.24, 2.45) is 5.73 Å². The summed E-state index contributed by atoms with van der Waals surface area (Å²) in [6.07, 6.45) is 0. The third kappa shape index (κ3) is 4.98. The standard InChI is InChI=1S/C15H15IN4S/c16-12-2-1-3-13(8-12)20-15(21)19-9-10-4-6-11(7-5-10)14(17)18/h1-8H,9H2,(H3,17,18)(H2,19,20,21). The number of thiocarbonyl (C=S) groups is 1. The van der Waals surface area contributed by atoms with E-state index in [0.29, 0.717) is 11.7 Å². The molecule has 21 heavy (non-hydrogen) atoms. The molecule has 4 nitrogen and oxygen atoms in total. The number of halogens is 1. The van der Waals surface area contributed by atoms with Gasteiger partial charge in [0, 0.05) is 21.4 Å². The van der Waals surface area contributed by atoms with E-state index in [1.54, 1.807) is 0 Å². The van der Waals surface area contributed by atoms with Crippen molar-refractivity contribution in [1.29, 1.82) is 5.41 Å². The highest BCUT2D eigenvalue weighted by Crippen LogP contribution is 2.12. The van der Waals surface area contributed by atoms with Crippen molar-refractivity contribution >= 4 is 51.4 Å². The Labute approximate surface area is 142 Å². The Kier molecular flexibility index (Phi) is 5.51. The van der Waals surface area contributed by atoms with Gasteiger partial charge in [0.2, 0.25) is 0 Å². The predicted molar refractivity (Wildman–Crippen MR) is 99.7 cm³/mol. The quantitative estimate of drug-likeness (QED) is 0.271. The van der Waals surface area contributed by atoms with E-state index < -0.39 is 0 Å². The number of amidine groups is 1. The summed E-state index contributed by atoms with van der Waals surface area (Å²) in [5, 5.41) is 14.2. The Morgan fingerprint density at radius 3 is 2.52 bits per heavy atom. The summed E-state index contributed by atoms with van der Waals surface area (Å²) in [4.78, 5) is 0. The first-order chi connectivity index (χ1) is 10.0. The first kappa shape index (κ1) is 15.7. The van der Waals surface area contributed by atoms with E-state index in [4.69, 9.17) is 23.4 Å². The molecule has 0 saturated carbocycles. The van der Waals surface area contributed by atoms with Crippen molar-refractivity contribution in [2.75, 3.05) is 5.32 Å². The van der Waals surface area contributed by atoms with Crippen molar-refractivity contribution in [1.82, 2.24) is 5.32 Å². The molecule has 5 N–H and O–H groups in total. The summed E-state index contributed by atoms with van der Waals surface area (Å²) < 4.78 is 1.15. The van der Waals surface area contributed by atoms with Crippen LogP contribution >= 0.6 is 34.8 Å². The van der Waals surface area contributed by atoms with Crippen LogP contribution in [0, 0.1) is 8.98 Å². The number of benzene rings is 2. The van der Waals surface area contributed by atoms with Crippen molar-refractivity contribution in [3.05, 3.63) is 63.2 Å². The lowest BCUT2D eigenvalue weighted by atomic mass is 10.1. The third-order valence-electron chi connectivity index (χ3n) is 2.80. The second-order valence-electron chi connectivity index (χ2n) is 4.43. The molecule has 0 aromatic heterocycles. The topological polar surface area (TPSA) is 73.9 Å². The van der Waals surface area contributed by atoms with Gasteiger partial charge in [0.15, 0.2) is 5.11 Å². The maximum absolute atomic E-state index is 7.35. The molecule has 0 amide bonds. The van der Waals surface area contributed by atoms with Gasteiger partial charge in [0.05, 0.1) is 0 Å². The molecule has 0 fully saturated rings. The zero-order valence-corrected chi connectivity index (χ0v) is 14.2. The summed E-state index contributed by atoms with van der Waals surface area (Å²) >= 11 is 7.53. The van der Waals surface area contributed by atoms with Gasteiger partial charge in [0.1, 0.15) is 5.84 Å². The average Bonchev–Trinajstić information content (AvgIpc) is 2.45. The molecule has 0 saturated heterocycles. The fraction of sp³-hybridized carbons (Fsp3) is 0.0667. The Balaban J connectivity index is 1.87. The van der Waals surface area contributed by atoms with E-state index in [1.807, 2.05) is 48.5 Å². The lowest BCUT2D eigenvalue weighted by Crippen LogP contribution is -2.27. The maximum atomic E-state index is 7.35. The zero-order valence-electron chi connectivity index (χ0n) is 11.2. The number of hydrogen-bond donors (Lipinski definition) is 4. The second kappa shape index (κ2) is 7.37. The van der Waals surface area contributed by atoms with Crippen LogP contribution in [0.15, 0.2) is 48.5 Å². The van der Waals surface area contributed by atoms with Crippen LogP contribution < -0.4 is 16.4 Å². The van der Waals surface area contributed by atoms with Crippen LogP contribution in [0.2, 0.25) is 0 Å². The van der Waals surface area contributed by atoms with Crippen molar-refractivity contribution in [3.8, 4) is 0 Å². The Morgan fingerprint density at radius 1 is 1.19 bits per heavy atom. The smallest absolute Gasteiger partial charge is 0.171 e. The highest BCUT2D eigenvalue weighted by molar-refractivity contribution is 14.1. The Morgan fingerprint density at radius 2 is 1.90 bits per heavy atom. The van der Waals surface area contributed by atoms with Crippen LogP contribution in [-0.2, 0) is 6.54 Å². The molecular weight excluding hydrogens is 395 g/mol. The number of nitrogen functional groups attached to an aromatic ring is 1. The molecule has 0 radical (unpaired) electrons. The van der Waals surface area contributed by atoms with Gasteiger partial charge >= 0.3 is 0 Å². The highest BCUT2D eigenvalue weighted by atomic mass is 127. The summed E-state index contributed by atoms with van der Waals surface area (Å²) in [5.41, 5.74) is 8.18. The summed E-state index contributed by atoms with van der Waals surface area (Å²) in [7, 11) is 0. The van der Waals surface area contributed by atoms with Crippen molar-refractivity contribution in [3.63, 3.8) is 0 Å². The number of nitrogens with two attached hydrogens (primary N) is 1. The minimum absolute atomic E-state index is 0.0744. The molecule has 0 bridgehead atoms. The molecule has 0 unspecified atom stereocenters. The minimum Gasteiger partial charge on any atom is -0.384 e. The molecule has 108 valence electrons. The molecule has 0 aliphatic carbocycles. The lowest BCUT2D eigenvalue weighted by molar-refractivity contribution is 0.925. The fourth-order valence-corrected chi connectivity index (χ4v) is 2.46. The van der Waals surface area contributed by atoms with Crippen molar-refractivity contribution in [2.45, 2.75) is 6.54 Å². The van der Waals surface area contributed by atoms with Crippen LogP contribution in [0.1, 0.15) is 11.1 Å². The average molecular weight is 410 g/mol. The summed E-state index contributed by atoms with van der Waals surface area (Å²) in [6, 6.07) is 15.5. The molecule has 2 aromatic carbocycles. The SMILES string of the molecule is N=C(N)c1ccc(CNC(=S)Nc2cccc(I)c2)cc1. The van der Waals surface area contributed by atoms with Gasteiger partial charge < -0.3 is 16.4 Å². The zero-order chi connectivity index (χ0) is 15.2. The molecule has 6 heteroatoms. The maximum Gasteiger partial charge on any atom is 0.171 e. The minimum atomic E-state index is 0.0744. The first-order valence-corrected chi connectivity index (χ1v) is 7.77. The normalized spacial score (nSPS) is 9.95. The predicted octanol–water partition coefficient (Wildman–Crippen LogP) is 3.06. The molecule has 0 spiro atoms. The number of rotatable bonds is 4. The Hall–Kier alpha value is -1.67. The van der Waals surface area contributed by atoms with Gasteiger partial charge in [-0.2, -0.15) is 0 Å². The van der Waals surface area contributed by atoms with Crippen molar-refractivity contribution < 1.29 is 0 Å².